The summed E-state index contributed by atoms with van der Waals surface area (Å²) >= 11 is 0. The van der Waals surface area contributed by atoms with E-state index < -0.39 is 23.7 Å². The quantitative estimate of drug-likeness (QED) is 0.449. The molecule has 8 heteroatoms. The predicted octanol–water partition coefficient (Wildman–Crippen LogP) is 3.32. The molecule has 0 aliphatic rings. The Morgan fingerprint density at radius 1 is 1.23 bits per heavy atom. The number of ketones is 1. The molecule has 0 saturated heterocycles. The number of hydrogen-bond acceptors (Lipinski definition) is 5. The molecule has 0 aliphatic carbocycles. The van der Waals surface area contributed by atoms with Crippen LogP contribution >= 0.6 is 0 Å². The van der Waals surface area contributed by atoms with Crippen molar-refractivity contribution in [1.82, 2.24) is 9.47 Å². The van der Waals surface area contributed by atoms with Crippen molar-refractivity contribution in [2.45, 2.75) is 33.7 Å². The summed E-state index contributed by atoms with van der Waals surface area (Å²) < 4.78 is 25.5. The van der Waals surface area contributed by atoms with Crippen molar-refractivity contribution in [3.05, 3.63) is 58.2 Å². The van der Waals surface area contributed by atoms with Crippen LogP contribution in [0.1, 0.15) is 56.3 Å². The van der Waals surface area contributed by atoms with Gasteiger partial charge in [-0.1, -0.05) is 6.07 Å². The average Bonchev–Trinajstić information content (AvgIpc) is 2.95. The Morgan fingerprint density at radius 3 is 2.48 bits per heavy atom. The van der Waals surface area contributed by atoms with Crippen LogP contribution in [0.15, 0.2) is 24.3 Å². The molecule has 2 rings (SSSR count). The van der Waals surface area contributed by atoms with Gasteiger partial charge in [0.2, 0.25) is 0 Å². The molecule has 7 nitrogen and oxygen atoms in total. The Kier molecular flexibility index (Phi) is 8.10. The van der Waals surface area contributed by atoms with Gasteiger partial charge in [0.25, 0.3) is 5.91 Å². The summed E-state index contributed by atoms with van der Waals surface area (Å²) in [7, 11) is 3.19. The van der Waals surface area contributed by atoms with E-state index in [9.17, 15) is 18.8 Å². The lowest BCUT2D eigenvalue weighted by molar-refractivity contribution is 0.0513. The lowest BCUT2D eigenvalue weighted by Gasteiger charge is -2.28. The maximum atomic E-state index is 13.7. The van der Waals surface area contributed by atoms with E-state index in [1.54, 1.807) is 39.3 Å². The Labute approximate surface area is 181 Å². The Bertz CT molecular complexity index is 983. The zero-order valence-electron chi connectivity index (χ0n) is 18.8. The summed E-state index contributed by atoms with van der Waals surface area (Å²) in [6.45, 7) is 7.33. The molecule has 168 valence electrons. The van der Waals surface area contributed by atoms with Crippen molar-refractivity contribution in [3.8, 4) is 0 Å². The molecule has 1 heterocycles. The highest BCUT2D eigenvalue weighted by Crippen LogP contribution is 2.25. The standard InChI is InChI=1S/C23H29FN2O5/c1-7-31-23(29)20-14(2)19(15(3)25(20)5)21(27)16(4)26(11-12-30-6)22(28)17-9-8-10-18(24)13-17/h8-10,13,16H,7,11-12H2,1-6H3. The lowest BCUT2D eigenvalue weighted by Crippen LogP contribution is -2.45. The molecule has 0 fully saturated rings. The summed E-state index contributed by atoms with van der Waals surface area (Å²) in [6, 6.07) is 4.47. The third kappa shape index (κ3) is 5.02. The summed E-state index contributed by atoms with van der Waals surface area (Å²) in [4.78, 5) is 40.3. The van der Waals surface area contributed by atoms with Gasteiger partial charge in [0.05, 0.1) is 19.3 Å². The first-order valence-corrected chi connectivity index (χ1v) is 10.1. The molecule has 1 amide bonds. The second-order valence-corrected chi connectivity index (χ2v) is 7.26. The number of carbonyl (C=O) groups is 3. The van der Waals surface area contributed by atoms with Gasteiger partial charge >= 0.3 is 5.97 Å². The molecule has 0 N–H and O–H groups in total. The largest absolute Gasteiger partial charge is 0.461 e. The highest BCUT2D eigenvalue weighted by molar-refractivity contribution is 6.07. The van der Waals surface area contributed by atoms with E-state index in [1.165, 1.54) is 30.2 Å². The third-order valence-corrected chi connectivity index (χ3v) is 5.36. The molecule has 1 aromatic heterocycles. The highest BCUT2D eigenvalue weighted by Gasteiger charge is 2.32. The van der Waals surface area contributed by atoms with E-state index in [1.807, 2.05) is 0 Å². The number of rotatable bonds is 9. The molecule has 0 aliphatic heterocycles. The van der Waals surface area contributed by atoms with E-state index >= 15 is 0 Å². The van der Waals surface area contributed by atoms with Crippen LogP contribution in [-0.4, -0.2) is 60.0 Å². The van der Waals surface area contributed by atoms with Crippen LogP contribution < -0.4 is 0 Å². The van der Waals surface area contributed by atoms with Crippen molar-refractivity contribution < 1.29 is 28.2 Å². The number of Topliss-reactive ketones (excluding diaryl/α,β-unsaturated/α-hetero) is 1. The van der Waals surface area contributed by atoms with Crippen LogP contribution in [0, 0.1) is 19.7 Å². The first-order valence-electron chi connectivity index (χ1n) is 10.1. The summed E-state index contributed by atoms with van der Waals surface area (Å²) in [5, 5.41) is 0. The van der Waals surface area contributed by atoms with Gasteiger partial charge in [0.15, 0.2) is 5.78 Å². The van der Waals surface area contributed by atoms with Gasteiger partial charge in [-0.15, -0.1) is 0 Å². The van der Waals surface area contributed by atoms with Crippen LogP contribution in [0.2, 0.25) is 0 Å². The molecule has 0 bridgehead atoms. The number of aromatic nitrogens is 1. The fourth-order valence-electron chi connectivity index (χ4n) is 3.63. The molecule has 2 aromatic rings. The second kappa shape index (κ2) is 10.3. The van der Waals surface area contributed by atoms with Crippen LogP contribution in [-0.2, 0) is 16.5 Å². The normalized spacial score (nSPS) is 11.8. The minimum atomic E-state index is -0.860. The summed E-state index contributed by atoms with van der Waals surface area (Å²) in [6.07, 6.45) is 0. The average molecular weight is 432 g/mol. The molecular formula is C23H29FN2O5. The van der Waals surface area contributed by atoms with Crippen LogP contribution in [0.25, 0.3) is 0 Å². The van der Waals surface area contributed by atoms with Gasteiger partial charge in [0.1, 0.15) is 11.5 Å². The maximum absolute atomic E-state index is 13.7. The Balaban J connectivity index is 2.45. The van der Waals surface area contributed by atoms with Crippen molar-refractivity contribution in [1.29, 1.82) is 0 Å². The molecule has 31 heavy (non-hydrogen) atoms. The van der Waals surface area contributed by atoms with E-state index in [-0.39, 0.29) is 31.1 Å². The van der Waals surface area contributed by atoms with Crippen LogP contribution in [0.3, 0.4) is 0 Å². The van der Waals surface area contributed by atoms with Gasteiger partial charge in [-0.2, -0.15) is 0 Å². The van der Waals surface area contributed by atoms with Gasteiger partial charge in [-0.25, -0.2) is 9.18 Å². The number of nitrogens with zero attached hydrogens (tertiary/aromatic N) is 2. The summed E-state index contributed by atoms with van der Waals surface area (Å²) in [5.74, 6) is -1.84. The number of hydrogen-bond donors (Lipinski definition) is 0. The molecule has 0 saturated carbocycles. The second-order valence-electron chi connectivity index (χ2n) is 7.26. The number of halogens is 1. The molecule has 1 unspecified atom stereocenters. The van der Waals surface area contributed by atoms with Gasteiger partial charge < -0.3 is 18.9 Å². The van der Waals surface area contributed by atoms with Crippen molar-refractivity contribution >= 4 is 17.7 Å². The van der Waals surface area contributed by atoms with E-state index in [0.717, 1.165) is 6.07 Å². The predicted molar refractivity (Wildman–Crippen MR) is 114 cm³/mol. The molecule has 1 atom stereocenters. The van der Waals surface area contributed by atoms with Crippen LogP contribution in [0.4, 0.5) is 4.39 Å². The number of ether oxygens (including phenoxy) is 2. The summed E-state index contributed by atoms with van der Waals surface area (Å²) in [5.41, 5.74) is 1.91. The topological polar surface area (TPSA) is 77.8 Å². The van der Waals surface area contributed by atoms with E-state index in [0.29, 0.717) is 22.5 Å². The monoisotopic (exact) mass is 432 g/mol. The molecule has 0 spiro atoms. The van der Waals surface area contributed by atoms with Gasteiger partial charge in [0, 0.05) is 37.5 Å². The van der Waals surface area contributed by atoms with Crippen molar-refractivity contribution in [3.63, 3.8) is 0 Å². The lowest BCUT2D eigenvalue weighted by atomic mass is 9.99. The van der Waals surface area contributed by atoms with E-state index in [2.05, 4.69) is 0 Å². The smallest absolute Gasteiger partial charge is 0.355 e. The van der Waals surface area contributed by atoms with Crippen molar-refractivity contribution in [2.24, 2.45) is 7.05 Å². The minimum absolute atomic E-state index is 0.143. The van der Waals surface area contributed by atoms with E-state index in [4.69, 9.17) is 9.47 Å². The number of carbonyl (C=O) groups excluding carboxylic acids is 3. The fourth-order valence-corrected chi connectivity index (χ4v) is 3.63. The number of esters is 1. The number of amides is 1. The van der Waals surface area contributed by atoms with Gasteiger partial charge in [-0.05, 0) is 51.5 Å². The zero-order valence-corrected chi connectivity index (χ0v) is 18.8. The number of methoxy groups -OCH3 is 1. The first-order chi connectivity index (χ1) is 14.6. The Morgan fingerprint density at radius 2 is 1.90 bits per heavy atom. The molecular weight excluding hydrogens is 403 g/mol. The third-order valence-electron chi connectivity index (χ3n) is 5.36. The Hall–Kier alpha value is -3.00. The maximum Gasteiger partial charge on any atom is 0.355 e. The molecule has 1 aromatic carbocycles. The van der Waals surface area contributed by atoms with Gasteiger partial charge in [-0.3, -0.25) is 9.59 Å². The first kappa shape index (κ1) is 24.3. The van der Waals surface area contributed by atoms with Crippen molar-refractivity contribution in [2.75, 3.05) is 26.9 Å². The minimum Gasteiger partial charge on any atom is -0.461 e. The molecule has 0 radical (unpaired) electrons. The SMILES string of the molecule is CCOC(=O)c1c(C)c(C(=O)C(C)N(CCOC)C(=O)c2cccc(F)c2)c(C)n1C. The van der Waals surface area contributed by atoms with Crippen LogP contribution in [0.5, 0.6) is 0 Å². The zero-order chi connectivity index (χ0) is 23.3. The highest BCUT2D eigenvalue weighted by atomic mass is 19.1. The fraction of sp³-hybridized carbons (Fsp3) is 0.435. The number of benzene rings is 1.